The van der Waals surface area contributed by atoms with Crippen molar-refractivity contribution in [3.63, 3.8) is 0 Å². The van der Waals surface area contributed by atoms with Gasteiger partial charge in [-0.3, -0.25) is 9.78 Å². The summed E-state index contributed by atoms with van der Waals surface area (Å²) in [6, 6.07) is 12.3. The summed E-state index contributed by atoms with van der Waals surface area (Å²) in [6.07, 6.45) is 4.96. The minimum Gasteiger partial charge on any atom is -0.350 e. The second-order valence-electron chi connectivity index (χ2n) is 4.91. The van der Waals surface area contributed by atoms with Crippen molar-refractivity contribution in [3.8, 4) is 0 Å². The van der Waals surface area contributed by atoms with Gasteiger partial charge >= 0.3 is 0 Å². The van der Waals surface area contributed by atoms with Crippen LogP contribution in [0.25, 0.3) is 0 Å². The van der Waals surface area contributed by atoms with Gasteiger partial charge in [-0.05, 0) is 35.9 Å². The third-order valence-corrected chi connectivity index (χ3v) is 3.54. The molecule has 3 aromatic rings. The lowest BCUT2D eigenvalue weighted by molar-refractivity contribution is 0.102. The van der Waals surface area contributed by atoms with Gasteiger partial charge in [-0.1, -0.05) is 23.7 Å². The Morgan fingerprint density at radius 3 is 2.62 bits per heavy atom. The summed E-state index contributed by atoms with van der Waals surface area (Å²) >= 11 is 6.04. The first-order valence-electron chi connectivity index (χ1n) is 7.24. The zero-order chi connectivity index (χ0) is 16.8. The minimum absolute atomic E-state index is 0.252. The minimum atomic E-state index is -0.350. The molecule has 0 saturated heterocycles. The number of nitrogens with one attached hydrogen (secondary N) is 2. The molecule has 2 aromatic heterocycles. The summed E-state index contributed by atoms with van der Waals surface area (Å²) in [7, 11) is 0. The number of hydrogen-bond donors (Lipinski definition) is 2. The van der Waals surface area contributed by atoms with E-state index in [0.717, 1.165) is 5.56 Å². The smallest absolute Gasteiger partial charge is 0.274 e. The van der Waals surface area contributed by atoms with Gasteiger partial charge in [-0.15, -0.1) is 0 Å². The lowest BCUT2D eigenvalue weighted by Crippen LogP contribution is -2.15. The largest absolute Gasteiger partial charge is 0.350 e. The average Bonchev–Trinajstić information content (AvgIpc) is 2.63. The lowest BCUT2D eigenvalue weighted by atomic mass is 10.3. The van der Waals surface area contributed by atoms with E-state index in [0.29, 0.717) is 23.2 Å². The number of aromatic nitrogens is 3. The molecule has 0 aliphatic rings. The van der Waals surface area contributed by atoms with Crippen molar-refractivity contribution in [2.75, 3.05) is 10.6 Å². The number of anilines is 2. The van der Waals surface area contributed by atoms with Gasteiger partial charge < -0.3 is 10.6 Å². The van der Waals surface area contributed by atoms with E-state index in [1.54, 1.807) is 42.7 Å². The molecule has 0 atom stereocenters. The summed E-state index contributed by atoms with van der Waals surface area (Å²) in [4.78, 5) is 24.6. The first kappa shape index (κ1) is 15.9. The predicted molar refractivity (Wildman–Crippen MR) is 93.0 cm³/mol. The summed E-state index contributed by atoms with van der Waals surface area (Å²) in [5.41, 5.74) is 1.83. The molecule has 24 heavy (non-hydrogen) atoms. The molecule has 0 aliphatic heterocycles. The quantitative estimate of drug-likeness (QED) is 0.744. The Hall–Kier alpha value is -2.99. The van der Waals surface area contributed by atoms with E-state index in [-0.39, 0.29) is 11.6 Å². The van der Waals surface area contributed by atoms with Crippen molar-refractivity contribution in [1.29, 1.82) is 0 Å². The second kappa shape index (κ2) is 7.52. The van der Waals surface area contributed by atoms with Crippen LogP contribution in [-0.4, -0.2) is 20.9 Å². The van der Waals surface area contributed by atoms with Gasteiger partial charge in [0.05, 0.1) is 10.7 Å². The predicted octanol–water partition coefficient (Wildman–Crippen LogP) is 3.39. The second-order valence-corrected chi connectivity index (χ2v) is 5.32. The van der Waals surface area contributed by atoms with Crippen molar-refractivity contribution in [2.45, 2.75) is 6.54 Å². The number of pyridine rings is 1. The Kier molecular flexibility index (Phi) is 4.98. The summed E-state index contributed by atoms with van der Waals surface area (Å²) in [5.74, 6) is 0.0241. The molecular formula is C17H14ClN5O. The number of para-hydroxylation sites is 1. The highest BCUT2D eigenvalue weighted by Crippen LogP contribution is 2.21. The number of amides is 1. The normalized spacial score (nSPS) is 10.2. The summed E-state index contributed by atoms with van der Waals surface area (Å²) < 4.78 is 0. The van der Waals surface area contributed by atoms with E-state index in [9.17, 15) is 4.79 Å². The topological polar surface area (TPSA) is 79.8 Å². The van der Waals surface area contributed by atoms with E-state index in [4.69, 9.17) is 11.6 Å². The van der Waals surface area contributed by atoms with Crippen molar-refractivity contribution in [2.24, 2.45) is 0 Å². The molecule has 1 amide bonds. The number of carbonyl (C=O) groups is 1. The van der Waals surface area contributed by atoms with Gasteiger partial charge in [-0.25, -0.2) is 9.97 Å². The summed E-state index contributed by atoms with van der Waals surface area (Å²) in [6.45, 7) is 0.540. The van der Waals surface area contributed by atoms with Crippen LogP contribution < -0.4 is 10.6 Å². The van der Waals surface area contributed by atoms with Crippen molar-refractivity contribution in [1.82, 2.24) is 15.0 Å². The molecular weight excluding hydrogens is 326 g/mol. The Bertz CT molecular complexity index is 841. The van der Waals surface area contributed by atoms with Crippen LogP contribution in [0.2, 0.25) is 5.02 Å². The molecule has 0 bridgehead atoms. The van der Waals surface area contributed by atoms with Gasteiger partial charge in [0, 0.05) is 25.1 Å². The van der Waals surface area contributed by atoms with Crippen molar-refractivity contribution >= 4 is 29.1 Å². The van der Waals surface area contributed by atoms with Crippen LogP contribution in [0, 0.1) is 0 Å². The monoisotopic (exact) mass is 339 g/mol. The van der Waals surface area contributed by atoms with Gasteiger partial charge in [0.15, 0.2) is 0 Å². The number of hydrogen-bond acceptors (Lipinski definition) is 5. The first-order valence-corrected chi connectivity index (χ1v) is 7.62. The number of halogens is 1. The van der Waals surface area contributed by atoms with E-state index in [2.05, 4.69) is 25.6 Å². The van der Waals surface area contributed by atoms with Gasteiger partial charge in [0.2, 0.25) is 5.95 Å². The van der Waals surface area contributed by atoms with E-state index < -0.39 is 0 Å². The van der Waals surface area contributed by atoms with Gasteiger partial charge in [-0.2, -0.15) is 0 Å². The van der Waals surface area contributed by atoms with E-state index in [1.807, 2.05) is 12.1 Å². The van der Waals surface area contributed by atoms with Gasteiger partial charge in [0.25, 0.3) is 5.91 Å². The van der Waals surface area contributed by atoms with Crippen LogP contribution in [0.3, 0.4) is 0 Å². The molecule has 6 nitrogen and oxygen atoms in total. The summed E-state index contributed by atoms with van der Waals surface area (Å²) in [5, 5.41) is 6.27. The Morgan fingerprint density at radius 2 is 1.83 bits per heavy atom. The molecule has 2 heterocycles. The average molecular weight is 340 g/mol. The molecule has 2 N–H and O–H groups in total. The third-order valence-electron chi connectivity index (χ3n) is 3.21. The van der Waals surface area contributed by atoms with Crippen molar-refractivity contribution in [3.05, 3.63) is 77.3 Å². The number of nitrogens with zero attached hydrogens (tertiary/aromatic N) is 3. The molecule has 0 spiro atoms. The maximum Gasteiger partial charge on any atom is 0.274 e. The van der Waals surface area contributed by atoms with Crippen LogP contribution in [-0.2, 0) is 6.54 Å². The zero-order valence-electron chi connectivity index (χ0n) is 12.6. The Morgan fingerprint density at radius 1 is 1.04 bits per heavy atom. The fourth-order valence-electron chi connectivity index (χ4n) is 2.00. The first-order chi connectivity index (χ1) is 11.7. The van der Waals surface area contributed by atoms with Crippen LogP contribution in [0.15, 0.2) is 61.1 Å². The molecule has 0 aliphatic carbocycles. The zero-order valence-corrected chi connectivity index (χ0v) is 13.4. The highest BCUT2D eigenvalue weighted by Gasteiger charge is 2.10. The van der Waals surface area contributed by atoms with Crippen LogP contribution in [0.1, 0.15) is 16.1 Å². The standard InChI is InChI=1S/C17H14ClN5O/c18-13-3-1-2-4-14(13)22-16(24)15-7-10-20-17(23-15)21-11-12-5-8-19-9-6-12/h1-10H,11H2,(H,22,24)(H,20,21,23). The maximum atomic E-state index is 12.3. The molecule has 7 heteroatoms. The number of benzene rings is 1. The van der Waals surface area contributed by atoms with Crippen LogP contribution >= 0.6 is 11.6 Å². The fourth-order valence-corrected chi connectivity index (χ4v) is 2.18. The molecule has 0 saturated carbocycles. The molecule has 3 rings (SSSR count). The highest BCUT2D eigenvalue weighted by atomic mass is 35.5. The molecule has 0 unspecified atom stereocenters. The van der Waals surface area contributed by atoms with E-state index in [1.165, 1.54) is 6.20 Å². The molecule has 0 fully saturated rings. The van der Waals surface area contributed by atoms with Crippen LogP contribution in [0.4, 0.5) is 11.6 Å². The number of carbonyl (C=O) groups excluding carboxylic acids is 1. The lowest BCUT2D eigenvalue weighted by Gasteiger charge is -2.08. The van der Waals surface area contributed by atoms with Crippen LogP contribution in [0.5, 0.6) is 0 Å². The van der Waals surface area contributed by atoms with E-state index >= 15 is 0 Å². The highest BCUT2D eigenvalue weighted by molar-refractivity contribution is 6.33. The number of rotatable bonds is 5. The Balaban J connectivity index is 1.68. The fraction of sp³-hybridized carbons (Fsp3) is 0.0588. The molecule has 1 aromatic carbocycles. The van der Waals surface area contributed by atoms with Crippen molar-refractivity contribution < 1.29 is 4.79 Å². The Labute approximate surface area is 143 Å². The maximum absolute atomic E-state index is 12.3. The molecule has 120 valence electrons. The SMILES string of the molecule is O=C(Nc1ccccc1Cl)c1ccnc(NCc2ccncc2)n1. The van der Waals surface area contributed by atoms with Gasteiger partial charge in [0.1, 0.15) is 5.69 Å². The molecule has 0 radical (unpaired) electrons. The third kappa shape index (κ3) is 4.05.